The summed E-state index contributed by atoms with van der Waals surface area (Å²) in [6, 6.07) is 10.9. The summed E-state index contributed by atoms with van der Waals surface area (Å²) in [7, 11) is 3.03. The summed E-state index contributed by atoms with van der Waals surface area (Å²) in [5, 5.41) is 11.5. The minimum absolute atomic E-state index is 0.000681. The molecule has 1 N–H and O–H groups in total. The number of halogens is 1. The number of aliphatic hydroxyl groups excluding tert-OH is 1. The first-order valence-corrected chi connectivity index (χ1v) is 11.0. The van der Waals surface area contributed by atoms with Crippen LogP contribution in [0.4, 0.5) is 0 Å². The maximum atomic E-state index is 13.1. The van der Waals surface area contributed by atoms with Crippen LogP contribution >= 0.6 is 11.6 Å². The van der Waals surface area contributed by atoms with Gasteiger partial charge in [-0.3, -0.25) is 9.59 Å². The zero-order valence-electron chi connectivity index (χ0n) is 19.1. The monoisotopic (exact) mass is 473 g/mol. The van der Waals surface area contributed by atoms with E-state index in [0.717, 1.165) is 0 Å². The molecule has 0 radical (unpaired) electrons. The molecule has 1 unspecified atom stereocenters. The number of amides is 1. The molecule has 1 atom stereocenters. The third-order valence-corrected chi connectivity index (χ3v) is 5.59. The third kappa shape index (κ3) is 5.31. The zero-order valence-corrected chi connectivity index (χ0v) is 19.9. The van der Waals surface area contributed by atoms with E-state index in [9.17, 15) is 14.7 Å². The van der Waals surface area contributed by atoms with Gasteiger partial charge in [-0.2, -0.15) is 0 Å². The molecule has 0 aromatic heterocycles. The molecule has 1 aliphatic rings. The smallest absolute Gasteiger partial charge is 0.295 e. The Kier molecular flexibility index (Phi) is 8.00. The first-order chi connectivity index (χ1) is 15.8. The quantitative estimate of drug-likeness (QED) is 0.248. The fraction of sp³-hybridized carbons (Fsp3) is 0.360. The summed E-state index contributed by atoms with van der Waals surface area (Å²) >= 11 is 6.09. The summed E-state index contributed by atoms with van der Waals surface area (Å²) in [5.41, 5.74) is 0.966. The molecule has 2 aromatic rings. The van der Waals surface area contributed by atoms with Crippen molar-refractivity contribution in [3.05, 3.63) is 64.2 Å². The van der Waals surface area contributed by atoms with Crippen LogP contribution in [0.15, 0.2) is 48.0 Å². The van der Waals surface area contributed by atoms with Crippen LogP contribution in [0.3, 0.4) is 0 Å². The Balaban J connectivity index is 2.10. The number of ketones is 1. The number of carbonyl (C=O) groups is 2. The third-order valence-electron chi connectivity index (χ3n) is 5.36. The number of aliphatic hydroxyl groups is 1. The molecule has 1 heterocycles. The summed E-state index contributed by atoms with van der Waals surface area (Å²) in [6.07, 6.45) is 0.594. The molecule has 33 heavy (non-hydrogen) atoms. The van der Waals surface area contributed by atoms with Gasteiger partial charge in [0.2, 0.25) is 0 Å². The van der Waals surface area contributed by atoms with Gasteiger partial charge in [0.05, 0.1) is 31.9 Å². The predicted molar refractivity (Wildman–Crippen MR) is 126 cm³/mol. The fourth-order valence-electron chi connectivity index (χ4n) is 3.83. The molecule has 176 valence electrons. The Morgan fingerprint density at radius 1 is 1.09 bits per heavy atom. The highest BCUT2D eigenvalue weighted by Crippen LogP contribution is 2.42. The van der Waals surface area contributed by atoms with Crippen molar-refractivity contribution in [1.29, 1.82) is 0 Å². The molecule has 1 fully saturated rings. The summed E-state index contributed by atoms with van der Waals surface area (Å²) in [4.78, 5) is 27.6. The average Bonchev–Trinajstić information content (AvgIpc) is 3.05. The highest BCUT2D eigenvalue weighted by molar-refractivity contribution is 6.46. The van der Waals surface area contributed by atoms with E-state index in [0.29, 0.717) is 40.7 Å². The Labute approximate surface area is 198 Å². The number of rotatable bonds is 9. The second kappa shape index (κ2) is 10.7. The van der Waals surface area contributed by atoms with Crippen LogP contribution in [0.25, 0.3) is 5.76 Å². The van der Waals surface area contributed by atoms with Gasteiger partial charge in [-0.25, -0.2) is 0 Å². The lowest BCUT2D eigenvalue weighted by Gasteiger charge is -2.26. The van der Waals surface area contributed by atoms with Crippen molar-refractivity contribution in [3.63, 3.8) is 0 Å². The van der Waals surface area contributed by atoms with E-state index in [-0.39, 0.29) is 24.0 Å². The normalized spacial score (nSPS) is 17.6. The summed E-state index contributed by atoms with van der Waals surface area (Å²) in [5.74, 6) is -0.749. The molecule has 0 bridgehead atoms. The average molecular weight is 474 g/mol. The molecule has 1 amide bonds. The van der Waals surface area contributed by atoms with E-state index >= 15 is 0 Å². The minimum Gasteiger partial charge on any atom is -0.507 e. The lowest BCUT2D eigenvalue weighted by molar-refractivity contribution is -0.140. The number of methoxy groups -OCH3 is 2. The van der Waals surface area contributed by atoms with Crippen LogP contribution < -0.4 is 9.47 Å². The number of hydrogen-bond acceptors (Lipinski definition) is 6. The van der Waals surface area contributed by atoms with Crippen LogP contribution in [-0.2, 0) is 14.3 Å². The second-order valence-corrected chi connectivity index (χ2v) is 8.33. The first-order valence-electron chi connectivity index (χ1n) is 10.7. The molecular weight excluding hydrogens is 446 g/mol. The van der Waals surface area contributed by atoms with Gasteiger partial charge in [-0.1, -0.05) is 29.8 Å². The SMILES string of the molecule is COc1ccc(C2/C(=C(/O)c3cccc(Cl)c3)C(=O)C(=O)N2CCCOC(C)C)cc1OC. The highest BCUT2D eigenvalue weighted by atomic mass is 35.5. The van der Waals surface area contributed by atoms with Crippen LogP contribution in [0.2, 0.25) is 5.02 Å². The van der Waals surface area contributed by atoms with E-state index in [4.69, 9.17) is 25.8 Å². The number of nitrogens with zero attached hydrogens (tertiary/aromatic N) is 1. The maximum absolute atomic E-state index is 13.1. The van der Waals surface area contributed by atoms with Crippen molar-refractivity contribution in [3.8, 4) is 11.5 Å². The Hall–Kier alpha value is -3.03. The molecule has 8 heteroatoms. The highest BCUT2D eigenvalue weighted by Gasteiger charge is 2.46. The molecule has 7 nitrogen and oxygen atoms in total. The van der Waals surface area contributed by atoms with Gasteiger partial charge in [0.25, 0.3) is 11.7 Å². The van der Waals surface area contributed by atoms with Gasteiger partial charge < -0.3 is 24.2 Å². The van der Waals surface area contributed by atoms with Crippen molar-refractivity contribution in [1.82, 2.24) is 4.90 Å². The lowest BCUT2D eigenvalue weighted by Crippen LogP contribution is -2.31. The van der Waals surface area contributed by atoms with Gasteiger partial charge >= 0.3 is 0 Å². The topological polar surface area (TPSA) is 85.3 Å². The van der Waals surface area contributed by atoms with E-state index in [1.165, 1.54) is 19.1 Å². The number of carbonyl (C=O) groups excluding carboxylic acids is 2. The number of benzene rings is 2. The molecule has 1 aliphatic heterocycles. The van der Waals surface area contributed by atoms with E-state index in [1.807, 2.05) is 13.8 Å². The van der Waals surface area contributed by atoms with Gasteiger partial charge in [-0.15, -0.1) is 0 Å². The van der Waals surface area contributed by atoms with Gasteiger partial charge in [0.1, 0.15) is 5.76 Å². The largest absolute Gasteiger partial charge is 0.507 e. The van der Waals surface area contributed by atoms with Gasteiger partial charge in [0, 0.05) is 23.7 Å². The first kappa shape index (κ1) is 24.6. The van der Waals surface area contributed by atoms with Crippen molar-refractivity contribution in [2.75, 3.05) is 27.4 Å². The number of Topliss-reactive ketones (excluding diaryl/α,β-unsaturated/α-hetero) is 1. The molecular formula is C25H28ClNO6. The van der Waals surface area contributed by atoms with Crippen LogP contribution in [-0.4, -0.2) is 55.2 Å². The van der Waals surface area contributed by atoms with Crippen molar-refractivity contribution in [2.24, 2.45) is 0 Å². The maximum Gasteiger partial charge on any atom is 0.295 e. The van der Waals surface area contributed by atoms with Crippen LogP contribution in [0, 0.1) is 0 Å². The molecule has 3 rings (SSSR count). The fourth-order valence-corrected chi connectivity index (χ4v) is 4.02. The molecule has 0 saturated carbocycles. The Bertz CT molecular complexity index is 1060. The zero-order chi connectivity index (χ0) is 24.1. The molecule has 0 aliphatic carbocycles. The van der Waals surface area contributed by atoms with Crippen molar-refractivity contribution < 1.29 is 28.9 Å². The standard InChI is InChI=1S/C25H28ClNO6/c1-15(2)33-12-6-11-27-22(16-9-10-19(31-3)20(14-16)32-4)21(24(29)25(27)30)23(28)17-7-5-8-18(26)13-17/h5,7-10,13-15,22,28H,6,11-12H2,1-4H3/b23-21-. The number of ether oxygens (including phenoxy) is 3. The molecule has 0 spiro atoms. The predicted octanol–water partition coefficient (Wildman–Crippen LogP) is 4.59. The van der Waals surface area contributed by atoms with E-state index in [2.05, 4.69) is 0 Å². The number of hydrogen-bond donors (Lipinski definition) is 1. The molecule has 1 saturated heterocycles. The van der Waals surface area contributed by atoms with Crippen molar-refractivity contribution in [2.45, 2.75) is 32.4 Å². The van der Waals surface area contributed by atoms with Crippen LogP contribution in [0.5, 0.6) is 11.5 Å². The summed E-state index contributed by atoms with van der Waals surface area (Å²) < 4.78 is 16.3. The minimum atomic E-state index is -0.803. The van der Waals surface area contributed by atoms with Crippen LogP contribution in [0.1, 0.15) is 37.4 Å². The Morgan fingerprint density at radius 2 is 1.82 bits per heavy atom. The number of likely N-dealkylation sites (tertiary alicyclic amines) is 1. The van der Waals surface area contributed by atoms with Gasteiger partial charge in [-0.05, 0) is 50.1 Å². The van der Waals surface area contributed by atoms with E-state index in [1.54, 1.807) is 42.5 Å². The van der Waals surface area contributed by atoms with E-state index < -0.39 is 17.7 Å². The van der Waals surface area contributed by atoms with Crippen molar-refractivity contribution >= 4 is 29.1 Å². The molecule has 2 aromatic carbocycles. The summed E-state index contributed by atoms with van der Waals surface area (Å²) in [6.45, 7) is 4.58. The Morgan fingerprint density at radius 3 is 2.45 bits per heavy atom. The second-order valence-electron chi connectivity index (χ2n) is 7.89. The lowest BCUT2D eigenvalue weighted by atomic mass is 9.95. The van der Waals surface area contributed by atoms with Gasteiger partial charge in [0.15, 0.2) is 11.5 Å².